The third-order valence-electron chi connectivity index (χ3n) is 8.25. The molecule has 1 unspecified atom stereocenters. The van der Waals surface area contributed by atoms with Crippen molar-refractivity contribution in [3.8, 4) is 0 Å². The van der Waals surface area contributed by atoms with E-state index >= 15 is 0 Å². The highest BCUT2D eigenvalue weighted by Gasteiger charge is 2.49. The van der Waals surface area contributed by atoms with Gasteiger partial charge in [-0.05, 0) is 86.9 Å². The quantitative estimate of drug-likeness (QED) is 0.639. The highest BCUT2D eigenvalue weighted by atomic mass is 32.2. The van der Waals surface area contributed by atoms with Crippen LogP contribution in [-0.2, 0) is 30.0 Å². The third kappa shape index (κ3) is 3.74. The predicted octanol–water partition coefficient (Wildman–Crippen LogP) is 3.03. The molecule has 2 heterocycles. The highest BCUT2D eigenvalue weighted by Crippen LogP contribution is 2.55. The van der Waals surface area contributed by atoms with Gasteiger partial charge in [0.15, 0.2) is 14.6 Å². The SMILES string of the molecule is CCN(Cn1nc(CC2CCS(=O)(=O)C2)n(C)c1=S)C1C2CC3CC(C2)CC1C3. The summed E-state index contributed by atoms with van der Waals surface area (Å²) >= 11 is 5.71. The van der Waals surface area contributed by atoms with Gasteiger partial charge in [-0.15, -0.1) is 0 Å². The summed E-state index contributed by atoms with van der Waals surface area (Å²) in [5.74, 6) is 5.39. The first-order valence-electron chi connectivity index (χ1n) is 11.4. The average molecular weight is 439 g/mol. The van der Waals surface area contributed by atoms with E-state index in [-0.39, 0.29) is 5.92 Å². The van der Waals surface area contributed by atoms with Gasteiger partial charge in [0.2, 0.25) is 0 Å². The van der Waals surface area contributed by atoms with Gasteiger partial charge in [0, 0.05) is 19.5 Å². The summed E-state index contributed by atoms with van der Waals surface area (Å²) < 4.78 is 28.4. The Kier molecular flexibility index (Phi) is 5.18. The molecule has 0 N–H and O–H groups in total. The first-order chi connectivity index (χ1) is 13.8. The predicted molar refractivity (Wildman–Crippen MR) is 116 cm³/mol. The molecule has 1 saturated heterocycles. The summed E-state index contributed by atoms with van der Waals surface area (Å²) in [4.78, 5) is 2.62. The van der Waals surface area contributed by atoms with Gasteiger partial charge in [0.05, 0.1) is 18.2 Å². The van der Waals surface area contributed by atoms with E-state index in [4.69, 9.17) is 17.3 Å². The Balaban J connectivity index is 1.32. The van der Waals surface area contributed by atoms with Crippen LogP contribution in [0.1, 0.15) is 51.3 Å². The average Bonchev–Trinajstić information content (AvgIpc) is 3.13. The summed E-state index contributed by atoms with van der Waals surface area (Å²) in [7, 11) is -0.881. The number of nitrogens with zero attached hydrogens (tertiary/aromatic N) is 4. The first-order valence-corrected chi connectivity index (χ1v) is 13.6. The molecule has 6 rings (SSSR count). The molecule has 0 spiro atoms. The summed E-state index contributed by atoms with van der Waals surface area (Å²) in [5.41, 5.74) is 0. The molecule has 4 aliphatic carbocycles. The van der Waals surface area contributed by atoms with Gasteiger partial charge < -0.3 is 4.57 Å². The Hall–Kier alpha value is -0.730. The Morgan fingerprint density at radius 2 is 1.79 bits per heavy atom. The van der Waals surface area contributed by atoms with Crippen molar-refractivity contribution in [2.24, 2.45) is 36.6 Å². The molecular weight excluding hydrogens is 404 g/mol. The van der Waals surface area contributed by atoms with Crippen molar-refractivity contribution in [1.29, 1.82) is 0 Å². The van der Waals surface area contributed by atoms with E-state index in [1.54, 1.807) is 0 Å². The standard InChI is InChI=1S/C21H34N4O2S2/c1-3-24(20-17-7-15-6-16(9-17)10-18(20)8-15)13-25-21(28)23(2)19(22-25)11-14-4-5-29(26,27)12-14/h14-18,20H,3-13H2,1-2H3. The van der Waals surface area contributed by atoms with Gasteiger partial charge in [-0.25, -0.2) is 13.1 Å². The maximum absolute atomic E-state index is 11.8. The molecule has 8 heteroatoms. The minimum atomic E-state index is -2.86. The van der Waals surface area contributed by atoms with Gasteiger partial charge >= 0.3 is 0 Å². The molecule has 4 bridgehead atoms. The van der Waals surface area contributed by atoms with Crippen LogP contribution in [0.15, 0.2) is 0 Å². The van der Waals surface area contributed by atoms with Crippen LogP contribution in [0.4, 0.5) is 0 Å². The maximum Gasteiger partial charge on any atom is 0.198 e. The fraction of sp³-hybridized carbons (Fsp3) is 0.905. The van der Waals surface area contributed by atoms with Crippen molar-refractivity contribution >= 4 is 22.1 Å². The van der Waals surface area contributed by atoms with E-state index in [1.165, 1.54) is 32.1 Å². The first kappa shape index (κ1) is 20.2. The summed E-state index contributed by atoms with van der Waals surface area (Å²) in [6, 6.07) is 0.681. The second kappa shape index (κ2) is 7.45. The Bertz CT molecular complexity index is 907. The molecule has 1 aliphatic heterocycles. The van der Waals surface area contributed by atoms with Crippen molar-refractivity contribution in [1.82, 2.24) is 19.2 Å². The highest BCUT2D eigenvalue weighted by molar-refractivity contribution is 7.91. The van der Waals surface area contributed by atoms with Crippen molar-refractivity contribution in [3.05, 3.63) is 10.6 Å². The molecule has 6 nitrogen and oxygen atoms in total. The lowest BCUT2D eigenvalue weighted by atomic mass is 9.54. The van der Waals surface area contributed by atoms with Gasteiger partial charge in [-0.1, -0.05) is 6.92 Å². The second-order valence-corrected chi connectivity index (χ2v) is 12.8. The molecule has 1 aromatic heterocycles. The fourth-order valence-electron chi connectivity index (χ4n) is 7.16. The van der Waals surface area contributed by atoms with Crippen molar-refractivity contribution < 1.29 is 8.42 Å². The van der Waals surface area contributed by atoms with E-state index in [0.29, 0.717) is 24.0 Å². The number of rotatable bonds is 6. The normalized spacial score (nSPS) is 37.6. The number of hydrogen-bond acceptors (Lipinski definition) is 5. The number of hydrogen-bond donors (Lipinski definition) is 0. The number of aromatic nitrogens is 3. The lowest BCUT2D eigenvalue weighted by molar-refractivity contribution is -0.0743. The molecule has 5 fully saturated rings. The second-order valence-electron chi connectivity index (χ2n) is 10.2. The monoisotopic (exact) mass is 438 g/mol. The largest absolute Gasteiger partial charge is 0.307 e. The lowest BCUT2D eigenvalue weighted by Crippen LogP contribution is -2.56. The topological polar surface area (TPSA) is 60.1 Å². The molecular formula is C21H34N4O2S2. The Morgan fingerprint density at radius 1 is 1.14 bits per heavy atom. The summed E-state index contributed by atoms with van der Waals surface area (Å²) in [5, 5.41) is 4.86. The number of sulfone groups is 1. The molecule has 0 amide bonds. The maximum atomic E-state index is 11.8. The fourth-order valence-corrected chi connectivity index (χ4v) is 9.23. The van der Waals surface area contributed by atoms with Gasteiger partial charge in [-0.3, -0.25) is 4.90 Å². The molecule has 29 heavy (non-hydrogen) atoms. The van der Waals surface area contributed by atoms with Crippen LogP contribution < -0.4 is 0 Å². The zero-order valence-electron chi connectivity index (χ0n) is 17.7. The van der Waals surface area contributed by atoms with Crippen LogP contribution in [0.25, 0.3) is 0 Å². The van der Waals surface area contributed by atoms with E-state index in [0.717, 1.165) is 53.9 Å². The van der Waals surface area contributed by atoms with Crippen LogP contribution >= 0.6 is 12.2 Å². The van der Waals surface area contributed by atoms with Crippen LogP contribution in [-0.4, -0.2) is 51.8 Å². The van der Waals surface area contributed by atoms with Crippen LogP contribution in [0, 0.1) is 34.4 Å². The molecule has 4 saturated carbocycles. The molecule has 1 atom stereocenters. The zero-order chi connectivity index (χ0) is 20.3. The zero-order valence-corrected chi connectivity index (χ0v) is 19.3. The van der Waals surface area contributed by atoms with E-state index in [9.17, 15) is 8.42 Å². The Labute approximate surface area is 179 Å². The molecule has 162 valence electrons. The van der Waals surface area contributed by atoms with Gasteiger partial charge in [0.1, 0.15) is 5.82 Å². The van der Waals surface area contributed by atoms with E-state index in [2.05, 4.69) is 11.8 Å². The summed E-state index contributed by atoms with van der Waals surface area (Å²) in [6.45, 7) is 4.06. The third-order valence-corrected chi connectivity index (χ3v) is 10.6. The van der Waals surface area contributed by atoms with E-state index < -0.39 is 9.84 Å². The van der Waals surface area contributed by atoms with Gasteiger partial charge in [-0.2, -0.15) is 5.10 Å². The van der Waals surface area contributed by atoms with Crippen molar-refractivity contribution in [2.45, 2.75) is 64.6 Å². The molecule has 5 aliphatic rings. The lowest BCUT2D eigenvalue weighted by Gasteiger charge is -2.57. The van der Waals surface area contributed by atoms with Crippen LogP contribution in [0.3, 0.4) is 0 Å². The smallest absolute Gasteiger partial charge is 0.198 e. The van der Waals surface area contributed by atoms with Crippen LogP contribution in [0.2, 0.25) is 0 Å². The molecule has 1 aromatic rings. The molecule has 0 aromatic carbocycles. The van der Waals surface area contributed by atoms with Crippen molar-refractivity contribution in [2.75, 3.05) is 18.1 Å². The Morgan fingerprint density at radius 3 is 2.34 bits per heavy atom. The minimum absolute atomic E-state index is 0.177. The molecule has 0 radical (unpaired) electrons. The van der Waals surface area contributed by atoms with E-state index in [1.807, 2.05) is 16.3 Å². The van der Waals surface area contributed by atoms with Crippen LogP contribution in [0.5, 0.6) is 0 Å². The minimum Gasteiger partial charge on any atom is -0.307 e. The van der Waals surface area contributed by atoms with Crippen molar-refractivity contribution in [3.63, 3.8) is 0 Å². The van der Waals surface area contributed by atoms with Gasteiger partial charge in [0.25, 0.3) is 0 Å². The summed E-state index contributed by atoms with van der Waals surface area (Å²) in [6.07, 6.45) is 8.61.